The highest BCUT2D eigenvalue weighted by atomic mass is 32.2. The third-order valence-corrected chi connectivity index (χ3v) is 4.92. The van der Waals surface area contributed by atoms with Gasteiger partial charge in [-0.15, -0.1) is 0 Å². The average molecular weight is 467 g/mol. The Morgan fingerprint density at radius 1 is 0.906 bits per heavy atom. The van der Waals surface area contributed by atoms with Crippen LogP contribution in [0.1, 0.15) is 33.6 Å². The van der Waals surface area contributed by atoms with Crippen LogP contribution < -0.4 is 18.4 Å². The van der Waals surface area contributed by atoms with Crippen LogP contribution in [-0.2, 0) is 19.6 Å². The Kier molecular flexibility index (Phi) is 9.19. The van der Waals surface area contributed by atoms with E-state index < -0.39 is 21.7 Å². The van der Waals surface area contributed by atoms with E-state index in [1.54, 1.807) is 44.2 Å². The Hall–Kier alpha value is -2.94. The average Bonchev–Trinajstić information content (AvgIpc) is 2.74. The van der Waals surface area contributed by atoms with Gasteiger partial charge in [0.25, 0.3) is 0 Å². The fourth-order valence-electron chi connectivity index (χ4n) is 2.63. The van der Waals surface area contributed by atoms with Crippen molar-refractivity contribution in [2.24, 2.45) is 0 Å². The zero-order valence-electron chi connectivity index (χ0n) is 18.8. The molecule has 0 radical (unpaired) electrons. The lowest BCUT2D eigenvalue weighted by molar-refractivity contribution is -0.160. The van der Waals surface area contributed by atoms with Crippen LogP contribution in [0.2, 0.25) is 0 Å². The van der Waals surface area contributed by atoms with Crippen LogP contribution in [0, 0.1) is 0 Å². The Morgan fingerprint density at radius 3 is 2.09 bits per heavy atom. The van der Waals surface area contributed by atoms with E-state index in [-0.39, 0.29) is 5.75 Å². The normalized spacial score (nSPS) is 13.0. The molecule has 9 heteroatoms. The molecule has 32 heavy (non-hydrogen) atoms. The minimum Gasteiger partial charge on any atom is -0.493 e. The lowest BCUT2D eigenvalue weighted by atomic mass is 10.0. The highest BCUT2D eigenvalue weighted by Gasteiger charge is 2.35. The molecule has 0 heterocycles. The number of carbonyl (C=O) groups excluding carboxylic acids is 1. The Balaban J connectivity index is 1.79. The summed E-state index contributed by atoms with van der Waals surface area (Å²) in [5.74, 6) is 1.56. The number of esters is 1. The van der Waals surface area contributed by atoms with Gasteiger partial charge in [-0.25, -0.2) is 4.79 Å². The summed E-state index contributed by atoms with van der Waals surface area (Å²) in [6.45, 7) is 6.45. The summed E-state index contributed by atoms with van der Waals surface area (Å²) < 4.78 is 49.4. The second-order valence-corrected chi connectivity index (χ2v) is 8.77. The molecule has 0 bridgehead atoms. The lowest BCUT2D eigenvalue weighted by Crippen LogP contribution is -2.42. The molecule has 0 saturated carbocycles. The molecule has 0 spiro atoms. The van der Waals surface area contributed by atoms with Crippen molar-refractivity contribution in [3.8, 4) is 23.0 Å². The predicted octanol–water partition coefficient (Wildman–Crippen LogP) is 3.98. The molecule has 0 saturated heterocycles. The first-order valence-corrected chi connectivity index (χ1v) is 12.2. The molecule has 0 aliphatic heterocycles. The van der Waals surface area contributed by atoms with E-state index in [1.807, 2.05) is 13.0 Å². The molecule has 176 valence electrons. The van der Waals surface area contributed by atoms with Crippen molar-refractivity contribution < 1.29 is 36.3 Å². The topological polar surface area (TPSA) is 97.4 Å². The fourth-order valence-corrected chi connectivity index (χ4v) is 3.10. The van der Waals surface area contributed by atoms with Crippen molar-refractivity contribution in [3.63, 3.8) is 0 Å². The van der Waals surface area contributed by atoms with Gasteiger partial charge in [0.2, 0.25) is 5.60 Å². The van der Waals surface area contributed by atoms with E-state index in [0.29, 0.717) is 49.9 Å². The van der Waals surface area contributed by atoms with Crippen molar-refractivity contribution in [1.29, 1.82) is 0 Å². The van der Waals surface area contributed by atoms with Gasteiger partial charge in [0.15, 0.2) is 0 Å². The van der Waals surface area contributed by atoms with Gasteiger partial charge in [0.1, 0.15) is 23.0 Å². The van der Waals surface area contributed by atoms with Gasteiger partial charge in [-0.1, -0.05) is 13.0 Å². The van der Waals surface area contributed by atoms with Crippen LogP contribution in [0.4, 0.5) is 0 Å². The molecule has 0 amide bonds. The Labute approximate surface area is 189 Å². The van der Waals surface area contributed by atoms with Crippen molar-refractivity contribution >= 4 is 16.1 Å². The largest absolute Gasteiger partial charge is 0.493 e. The van der Waals surface area contributed by atoms with Gasteiger partial charge in [-0.2, -0.15) is 8.42 Å². The van der Waals surface area contributed by atoms with E-state index in [2.05, 4.69) is 0 Å². The first-order valence-electron chi connectivity index (χ1n) is 10.4. The second kappa shape index (κ2) is 11.6. The fraction of sp³-hybridized carbons (Fsp3) is 0.435. The Bertz CT molecular complexity index is 972. The number of benzene rings is 2. The summed E-state index contributed by atoms with van der Waals surface area (Å²) in [6, 6.07) is 13.4. The standard InChI is InChI=1S/C23H30O8S/c1-5-23(3,22(24)27-6-2)30-21-10-7-9-20(17-21)29-16-8-15-28-18-11-13-19(14-12-18)31-32(4,25)26/h7,9-14,17H,5-6,8,15-16H2,1-4H3. The van der Waals surface area contributed by atoms with Crippen LogP contribution >= 0.6 is 0 Å². The SMILES string of the molecule is CCOC(=O)C(C)(CC)Oc1cccc(OCCCOc2ccc(OS(C)(=O)=O)cc2)c1. The smallest absolute Gasteiger partial charge is 0.350 e. The van der Waals surface area contributed by atoms with E-state index in [9.17, 15) is 13.2 Å². The van der Waals surface area contributed by atoms with Gasteiger partial charge in [-0.05, 0) is 56.7 Å². The summed E-state index contributed by atoms with van der Waals surface area (Å²) in [5.41, 5.74) is -1.07. The number of carbonyl (C=O) groups is 1. The summed E-state index contributed by atoms with van der Waals surface area (Å²) >= 11 is 0. The minimum atomic E-state index is -3.55. The summed E-state index contributed by atoms with van der Waals surface area (Å²) in [7, 11) is -3.55. The number of hydrogen-bond acceptors (Lipinski definition) is 8. The van der Waals surface area contributed by atoms with Gasteiger partial charge < -0.3 is 23.1 Å². The van der Waals surface area contributed by atoms with Crippen LogP contribution in [-0.4, -0.2) is 46.1 Å². The molecule has 0 aliphatic rings. The Morgan fingerprint density at radius 2 is 1.50 bits per heavy atom. The van der Waals surface area contributed by atoms with Crippen molar-refractivity contribution in [3.05, 3.63) is 48.5 Å². The lowest BCUT2D eigenvalue weighted by Gasteiger charge is -2.27. The highest BCUT2D eigenvalue weighted by Crippen LogP contribution is 2.26. The van der Waals surface area contributed by atoms with E-state index >= 15 is 0 Å². The van der Waals surface area contributed by atoms with Crippen LogP contribution in [0.5, 0.6) is 23.0 Å². The van der Waals surface area contributed by atoms with Crippen molar-refractivity contribution in [2.75, 3.05) is 26.1 Å². The molecule has 0 N–H and O–H groups in total. The molecule has 1 atom stereocenters. The summed E-state index contributed by atoms with van der Waals surface area (Å²) in [4.78, 5) is 12.2. The monoisotopic (exact) mass is 466 g/mol. The zero-order valence-corrected chi connectivity index (χ0v) is 19.6. The highest BCUT2D eigenvalue weighted by molar-refractivity contribution is 7.86. The van der Waals surface area contributed by atoms with Gasteiger partial charge in [-0.3, -0.25) is 0 Å². The predicted molar refractivity (Wildman–Crippen MR) is 120 cm³/mol. The molecular weight excluding hydrogens is 436 g/mol. The van der Waals surface area contributed by atoms with Crippen molar-refractivity contribution in [1.82, 2.24) is 0 Å². The molecular formula is C23H30O8S. The number of hydrogen-bond donors (Lipinski definition) is 0. The third kappa shape index (κ3) is 8.30. The molecule has 2 rings (SSSR count). The number of ether oxygens (including phenoxy) is 4. The maximum absolute atomic E-state index is 12.2. The summed E-state index contributed by atoms with van der Waals surface area (Å²) in [6.07, 6.45) is 2.08. The molecule has 0 fully saturated rings. The second-order valence-electron chi connectivity index (χ2n) is 7.19. The van der Waals surface area contributed by atoms with Crippen LogP contribution in [0.25, 0.3) is 0 Å². The maximum atomic E-state index is 12.2. The maximum Gasteiger partial charge on any atom is 0.350 e. The molecule has 2 aromatic rings. The zero-order chi connectivity index (χ0) is 23.6. The van der Waals surface area contributed by atoms with E-state index in [1.165, 1.54) is 12.1 Å². The van der Waals surface area contributed by atoms with Crippen molar-refractivity contribution in [2.45, 2.75) is 39.2 Å². The van der Waals surface area contributed by atoms with Gasteiger partial charge in [0, 0.05) is 12.5 Å². The third-order valence-electron chi connectivity index (χ3n) is 4.43. The van der Waals surface area contributed by atoms with Gasteiger partial charge >= 0.3 is 16.1 Å². The molecule has 1 unspecified atom stereocenters. The van der Waals surface area contributed by atoms with E-state index in [0.717, 1.165) is 6.26 Å². The van der Waals surface area contributed by atoms with E-state index in [4.69, 9.17) is 23.1 Å². The van der Waals surface area contributed by atoms with Crippen LogP contribution in [0.15, 0.2) is 48.5 Å². The van der Waals surface area contributed by atoms with Gasteiger partial charge in [0.05, 0.1) is 26.1 Å². The molecule has 0 aliphatic carbocycles. The first kappa shape index (κ1) is 25.3. The van der Waals surface area contributed by atoms with Crippen LogP contribution in [0.3, 0.4) is 0 Å². The molecule has 2 aromatic carbocycles. The quantitative estimate of drug-likeness (QED) is 0.248. The molecule has 0 aromatic heterocycles. The number of rotatable bonds is 13. The molecule has 8 nitrogen and oxygen atoms in total. The minimum absolute atomic E-state index is 0.229. The first-order chi connectivity index (χ1) is 15.1. The summed E-state index contributed by atoms with van der Waals surface area (Å²) in [5, 5.41) is 0.